The molecule has 0 amide bonds. The van der Waals surface area contributed by atoms with Gasteiger partial charge in [0.2, 0.25) is 0 Å². The molecule has 0 atom stereocenters. The maximum atomic E-state index is 12.3. The number of aromatic nitrogens is 1. The van der Waals surface area contributed by atoms with E-state index in [2.05, 4.69) is 4.98 Å². The molecule has 0 radical (unpaired) electrons. The van der Waals surface area contributed by atoms with E-state index in [1.165, 1.54) is 0 Å². The maximum absolute atomic E-state index is 12.3. The lowest BCUT2D eigenvalue weighted by atomic mass is 9.88. The molecule has 0 N–H and O–H groups in total. The summed E-state index contributed by atoms with van der Waals surface area (Å²) in [6.07, 6.45) is 0. The number of hydrogen-bond donors (Lipinski definition) is 0. The van der Waals surface area contributed by atoms with Gasteiger partial charge in [-0.2, -0.15) is 0 Å². The number of likely N-dealkylation sites (N-methyl/N-ethyl adjacent to an activating group) is 1. The molecule has 0 saturated carbocycles. The highest BCUT2D eigenvalue weighted by Gasteiger charge is 2.37. The smallest absolute Gasteiger partial charge is 0.319 e. The third-order valence-electron chi connectivity index (χ3n) is 3.15. The molecule has 0 unspecified atom stereocenters. The van der Waals surface area contributed by atoms with Crippen molar-refractivity contribution in [2.75, 3.05) is 20.2 Å². The van der Waals surface area contributed by atoms with Crippen molar-refractivity contribution in [3.05, 3.63) is 16.1 Å². The fraction of sp³-hybridized carbons (Fsp3) is 0.643. The van der Waals surface area contributed by atoms with Crippen molar-refractivity contribution < 1.29 is 14.3 Å². The second-order valence-corrected chi connectivity index (χ2v) is 6.24. The number of thiazole rings is 1. The first kappa shape index (κ1) is 16.8. The van der Waals surface area contributed by atoms with Gasteiger partial charge in [0.1, 0.15) is 5.41 Å². The van der Waals surface area contributed by atoms with Gasteiger partial charge in [-0.15, -0.1) is 11.3 Å². The van der Waals surface area contributed by atoms with Crippen LogP contribution in [0, 0.1) is 12.3 Å². The largest absolute Gasteiger partial charge is 0.465 e. The van der Waals surface area contributed by atoms with Crippen molar-refractivity contribution in [1.82, 2.24) is 9.88 Å². The third kappa shape index (κ3) is 4.11. The van der Waals surface area contributed by atoms with Gasteiger partial charge in [-0.05, 0) is 34.7 Å². The van der Waals surface area contributed by atoms with Crippen molar-refractivity contribution in [1.29, 1.82) is 0 Å². The maximum Gasteiger partial charge on any atom is 0.319 e. The summed E-state index contributed by atoms with van der Waals surface area (Å²) in [6.45, 7) is 8.05. The molecule has 1 aromatic heterocycles. The summed E-state index contributed by atoms with van der Waals surface area (Å²) in [7, 11) is 1.86. The van der Waals surface area contributed by atoms with Gasteiger partial charge in [-0.3, -0.25) is 14.5 Å². The number of ether oxygens (including phenoxy) is 1. The lowest BCUT2D eigenvalue weighted by Gasteiger charge is -2.24. The van der Waals surface area contributed by atoms with Crippen molar-refractivity contribution in [2.45, 2.75) is 34.2 Å². The number of ketones is 1. The Labute approximate surface area is 124 Å². The predicted molar refractivity (Wildman–Crippen MR) is 78.6 cm³/mol. The van der Waals surface area contributed by atoms with Gasteiger partial charge in [-0.25, -0.2) is 4.98 Å². The van der Waals surface area contributed by atoms with Crippen LogP contribution >= 0.6 is 11.3 Å². The molecule has 0 spiro atoms. The average molecular weight is 298 g/mol. The molecule has 20 heavy (non-hydrogen) atoms. The molecule has 0 bridgehead atoms. The predicted octanol–water partition coefficient (Wildman–Crippen LogP) is 2.04. The van der Waals surface area contributed by atoms with Crippen LogP contribution in [0.25, 0.3) is 0 Å². The first-order valence-corrected chi connectivity index (χ1v) is 7.45. The van der Waals surface area contributed by atoms with Gasteiger partial charge < -0.3 is 4.74 Å². The molecule has 0 saturated heterocycles. The van der Waals surface area contributed by atoms with E-state index < -0.39 is 11.4 Å². The van der Waals surface area contributed by atoms with E-state index in [1.54, 1.807) is 37.6 Å². The molecule has 0 aromatic carbocycles. The molecule has 1 heterocycles. The topological polar surface area (TPSA) is 59.5 Å². The Hall–Kier alpha value is -1.27. The van der Waals surface area contributed by atoms with Crippen LogP contribution in [0.3, 0.4) is 0 Å². The van der Waals surface area contributed by atoms with Crippen molar-refractivity contribution in [2.24, 2.45) is 5.41 Å². The van der Waals surface area contributed by atoms with E-state index in [1.807, 2.05) is 18.9 Å². The normalized spacial score (nSPS) is 11.7. The van der Waals surface area contributed by atoms with Crippen molar-refractivity contribution in [3.8, 4) is 0 Å². The molecule has 0 aliphatic rings. The minimum Gasteiger partial charge on any atom is -0.465 e. The van der Waals surface area contributed by atoms with Crippen LogP contribution in [0.2, 0.25) is 0 Å². The minimum atomic E-state index is -1.10. The van der Waals surface area contributed by atoms with Crippen molar-refractivity contribution >= 4 is 23.1 Å². The molecule has 0 aliphatic carbocycles. The first-order chi connectivity index (χ1) is 9.28. The van der Waals surface area contributed by atoms with Gasteiger partial charge >= 0.3 is 5.97 Å². The second kappa shape index (κ2) is 6.95. The number of nitrogens with zero attached hydrogens (tertiary/aromatic N) is 2. The number of Topliss-reactive ketones (excluding diaryl/α,β-unsaturated/α-hetero) is 1. The van der Waals surface area contributed by atoms with Crippen LogP contribution in [-0.4, -0.2) is 41.8 Å². The molecule has 1 aromatic rings. The number of rotatable bonds is 7. The van der Waals surface area contributed by atoms with Crippen LogP contribution < -0.4 is 0 Å². The molecule has 5 nitrogen and oxygen atoms in total. The number of hydrogen-bond acceptors (Lipinski definition) is 6. The molecular weight excluding hydrogens is 276 g/mol. The number of carbonyl (C=O) groups is 2. The highest BCUT2D eigenvalue weighted by Crippen LogP contribution is 2.20. The van der Waals surface area contributed by atoms with Crippen LogP contribution in [-0.2, 0) is 20.9 Å². The summed E-state index contributed by atoms with van der Waals surface area (Å²) in [5, 5.41) is 0. The molecule has 0 fully saturated rings. The van der Waals surface area contributed by atoms with E-state index in [-0.39, 0.29) is 18.9 Å². The minimum absolute atomic E-state index is 0.138. The first-order valence-electron chi connectivity index (χ1n) is 6.57. The van der Waals surface area contributed by atoms with Gasteiger partial charge in [0.05, 0.1) is 24.4 Å². The zero-order chi connectivity index (χ0) is 15.3. The van der Waals surface area contributed by atoms with Gasteiger partial charge in [0, 0.05) is 11.4 Å². The third-order valence-corrected chi connectivity index (χ3v) is 4.07. The van der Waals surface area contributed by atoms with Crippen LogP contribution in [0.5, 0.6) is 0 Å². The number of aryl methyl sites for hydroxylation is 1. The van der Waals surface area contributed by atoms with E-state index in [0.29, 0.717) is 6.54 Å². The lowest BCUT2D eigenvalue weighted by molar-refractivity contribution is -0.158. The summed E-state index contributed by atoms with van der Waals surface area (Å²) < 4.78 is 4.95. The van der Waals surface area contributed by atoms with E-state index >= 15 is 0 Å². The summed E-state index contributed by atoms with van der Waals surface area (Å²) in [5.74, 6) is -0.604. The van der Waals surface area contributed by atoms with Crippen molar-refractivity contribution in [3.63, 3.8) is 0 Å². The molecule has 112 valence electrons. The summed E-state index contributed by atoms with van der Waals surface area (Å²) in [6, 6.07) is 0. The number of esters is 1. The van der Waals surface area contributed by atoms with Gasteiger partial charge in [0.15, 0.2) is 5.78 Å². The fourth-order valence-corrected chi connectivity index (χ4v) is 2.50. The molecular formula is C14H22N2O3S. The van der Waals surface area contributed by atoms with Crippen LogP contribution in [0.1, 0.15) is 31.3 Å². The van der Waals surface area contributed by atoms with E-state index in [4.69, 9.17) is 4.74 Å². The summed E-state index contributed by atoms with van der Waals surface area (Å²) in [4.78, 5) is 31.2. The molecule has 1 rings (SSSR count). The highest BCUT2D eigenvalue weighted by atomic mass is 32.1. The lowest BCUT2D eigenvalue weighted by Crippen LogP contribution is -2.41. The quantitative estimate of drug-likeness (QED) is 0.569. The van der Waals surface area contributed by atoms with Crippen LogP contribution in [0.4, 0.5) is 0 Å². The Kier molecular flexibility index (Phi) is 5.83. The van der Waals surface area contributed by atoms with E-state index in [9.17, 15) is 9.59 Å². The van der Waals surface area contributed by atoms with Gasteiger partial charge in [0.25, 0.3) is 0 Å². The fourth-order valence-electron chi connectivity index (χ4n) is 1.65. The summed E-state index contributed by atoms with van der Waals surface area (Å²) in [5.41, 5.74) is 1.68. The zero-order valence-corrected chi connectivity index (χ0v) is 13.5. The molecule has 6 heteroatoms. The summed E-state index contributed by atoms with van der Waals surface area (Å²) >= 11 is 1.57. The Morgan fingerprint density at radius 2 is 2.10 bits per heavy atom. The highest BCUT2D eigenvalue weighted by molar-refractivity contribution is 7.09. The van der Waals surface area contributed by atoms with Crippen LogP contribution in [0.15, 0.2) is 5.51 Å². The monoisotopic (exact) mass is 298 g/mol. The second-order valence-electron chi connectivity index (χ2n) is 5.30. The van der Waals surface area contributed by atoms with E-state index in [0.717, 1.165) is 10.6 Å². The Morgan fingerprint density at radius 3 is 2.60 bits per heavy atom. The van der Waals surface area contributed by atoms with Gasteiger partial charge in [-0.1, -0.05) is 0 Å². The standard InChI is InChI=1S/C14H22N2O3S/c1-6-19-13(18)14(3,4)12(17)8-16(5)7-11-10(2)15-9-20-11/h9H,6-8H2,1-5H3. The Balaban J connectivity index is 2.61. The SMILES string of the molecule is CCOC(=O)C(C)(C)C(=O)CN(C)Cc1scnc1C. The average Bonchev–Trinajstić information content (AvgIpc) is 2.75. The Morgan fingerprint density at radius 1 is 1.45 bits per heavy atom. The Bertz CT molecular complexity index is 483. The number of carbonyl (C=O) groups excluding carboxylic acids is 2. The zero-order valence-electron chi connectivity index (χ0n) is 12.7. The molecule has 0 aliphatic heterocycles.